The smallest absolute Gasteiger partial charge is 0.265 e. The van der Waals surface area contributed by atoms with E-state index in [0.717, 1.165) is 11.1 Å². The number of anilines is 1. The van der Waals surface area contributed by atoms with Gasteiger partial charge in [-0.15, -0.1) is 0 Å². The Balaban J connectivity index is 2.14. The number of methoxy groups -OCH3 is 1. The number of carbonyl (C=O) groups excluding carboxylic acids is 1. The minimum absolute atomic E-state index is 0.0181. The van der Waals surface area contributed by atoms with E-state index in [1.54, 1.807) is 14.0 Å². The Morgan fingerprint density at radius 3 is 2.28 bits per heavy atom. The molecule has 0 aliphatic carbocycles. The summed E-state index contributed by atoms with van der Waals surface area (Å²) in [6, 6.07) is 13.5. The Morgan fingerprint density at radius 1 is 1.08 bits per heavy atom. The minimum Gasteiger partial charge on any atom is -0.495 e. The lowest BCUT2D eigenvalue weighted by atomic mass is 9.87. The third kappa shape index (κ3) is 4.99. The fraction of sp³-hybridized carbons (Fsp3) is 0.381. The van der Waals surface area contributed by atoms with E-state index in [0.29, 0.717) is 17.2 Å². The number of hydrogen-bond acceptors (Lipinski definition) is 3. The quantitative estimate of drug-likeness (QED) is 0.857. The van der Waals surface area contributed by atoms with Crippen molar-refractivity contribution in [3.63, 3.8) is 0 Å². The van der Waals surface area contributed by atoms with Crippen molar-refractivity contribution in [1.82, 2.24) is 0 Å². The molecule has 0 saturated heterocycles. The van der Waals surface area contributed by atoms with Crippen LogP contribution in [0.15, 0.2) is 42.5 Å². The Morgan fingerprint density at radius 2 is 1.72 bits per heavy atom. The van der Waals surface area contributed by atoms with Crippen molar-refractivity contribution in [2.45, 2.75) is 46.1 Å². The Bertz CT molecular complexity index is 730. The highest BCUT2D eigenvalue weighted by molar-refractivity contribution is 5.95. The lowest BCUT2D eigenvalue weighted by molar-refractivity contribution is -0.122. The van der Waals surface area contributed by atoms with Crippen molar-refractivity contribution in [3.05, 3.63) is 53.6 Å². The highest BCUT2D eigenvalue weighted by atomic mass is 16.5. The zero-order valence-electron chi connectivity index (χ0n) is 15.8. The molecule has 0 bridgehead atoms. The van der Waals surface area contributed by atoms with Gasteiger partial charge in [-0.3, -0.25) is 4.79 Å². The standard InChI is InChI=1S/C21H27NO3/c1-14-7-10-17(11-8-14)25-15(2)20(23)22-18-13-16(21(3,4)5)9-12-19(18)24-6/h7-13,15H,1-6H3,(H,22,23)/t15-/m1/s1. The number of rotatable bonds is 5. The van der Waals surface area contributed by atoms with Gasteiger partial charge < -0.3 is 14.8 Å². The Hall–Kier alpha value is -2.49. The SMILES string of the molecule is COc1ccc(C(C)(C)C)cc1NC(=O)[C@@H](C)Oc1ccc(C)cc1. The number of ether oxygens (including phenoxy) is 2. The molecule has 2 rings (SSSR count). The summed E-state index contributed by atoms with van der Waals surface area (Å²) in [6.07, 6.45) is -0.620. The van der Waals surface area contributed by atoms with E-state index >= 15 is 0 Å². The summed E-state index contributed by atoms with van der Waals surface area (Å²) in [5.74, 6) is 1.08. The van der Waals surface area contributed by atoms with Crippen molar-refractivity contribution in [2.75, 3.05) is 12.4 Å². The second kappa shape index (κ2) is 7.60. The zero-order chi connectivity index (χ0) is 18.6. The van der Waals surface area contributed by atoms with Crippen LogP contribution in [-0.2, 0) is 10.2 Å². The molecule has 0 fully saturated rings. The predicted octanol–water partition coefficient (Wildman–Crippen LogP) is 4.71. The molecule has 2 aromatic carbocycles. The first-order valence-corrected chi connectivity index (χ1v) is 8.43. The summed E-state index contributed by atoms with van der Waals surface area (Å²) in [5.41, 5.74) is 2.90. The molecule has 0 saturated carbocycles. The summed E-state index contributed by atoms with van der Waals surface area (Å²) >= 11 is 0. The van der Waals surface area contributed by atoms with Gasteiger partial charge in [0.25, 0.3) is 5.91 Å². The maximum atomic E-state index is 12.5. The van der Waals surface area contributed by atoms with Crippen LogP contribution < -0.4 is 14.8 Å². The van der Waals surface area contributed by atoms with Crippen molar-refractivity contribution >= 4 is 11.6 Å². The Labute approximate surface area is 150 Å². The van der Waals surface area contributed by atoms with Crippen LogP contribution in [0.25, 0.3) is 0 Å². The largest absolute Gasteiger partial charge is 0.495 e. The van der Waals surface area contributed by atoms with Gasteiger partial charge in [-0.25, -0.2) is 0 Å². The molecular weight excluding hydrogens is 314 g/mol. The molecule has 0 spiro atoms. The summed E-state index contributed by atoms with van der Waals surface area (Å²) < 4.78 is 11.1. The van der Waals surface area contributed by atoms with E-state index in [4.69, 9.17) is 9.47 Å². The van der Waals surface area contributed by atoms with Crippen molar-refractivity contribution in [3.8, 4) is 11.5 Å². The number of aryl methyl sites for hydroxylation is 1. The topological polar surface area (TPSA) is 47.6 Å². The van der Waals surface area contributed by atoms with E-state index in [1.807, 2.05) is 49.4 Å². The lowest BCUT2D eigenvalue weighted by Crippen LogP contribution is -2.30. The van der Waals surface area contributed by atoms with Crippen molar-refractivity contribution < 1.29 is 14.3 Å². The van der Waals surface area contributed by atoms with Crippen LogP contribution in [0.1, 0.15) is 38.8 Å². The van der Waals surface area contributed by atoms with Gasteiger partial charge in [0.15, 0.2) is 6.10 Å². The molecule has 0 aliphatic heterocycles. The molecule has 0 heterocycles. The number of hydrogen-bond donors (Lipinski definition) is 1. The highest BCUT2D eigenvalue weighted by Gasteiger charge is 2.20. The summed E-state index contributed by atoms with van der Waals surface area (Å²) in [5, 5.41) is 2.92. The van der Waals surface area contributed by atoms with Crippen LogP contribution in [0.5, 0.6) is 11.5 Å². The summed E-state index contributed by atoms with van der Waals surface area (Å²) in [4.78, 5) is 12.5. The van der Waals surface area contributed by atoms with E-state index in [9.17, 15) is 4.79 Å². The molecular formula is C21H27NO3. The maximum Gasteiger partial charge on any atom is 0.265 e. The third-order valence-corrected chi connectivity index (χ3v) is 4.03. The summed E-state index contributed by atoms with van der Waals surface area (Å²) in [7, 11) is 1.59. The van der Waals surface area contributed by atoms with Crippen LogP contribution in [0.4, 0.5) is 5.69 Å². The van der Waals surface area contributed by atoms with Crippen LogP contribution in [0.2, 0.25) is 0 Å². The van der Waals surface area contributed by atoms with Gasteiger partial charge in [0.1, 0.15) is 11.5 Å². The molecule has 134 valence electrons. The molecule has 1 atom stereocenters. The third-order valence-electron chi connectivity index (χ3n) is 4.03. The Kier molecular flexibility index (Phi) is 5.73. The second-order valence-corrected chi connectivity index (χ2v) is 7.23. The highest BCUT2D eigenvalue weighted by Crippen LogP contribution is 2.31. The first-order valence-electron chi connectivity index (χ1n) is 8.43. The van der Waals surface area contributed by atoms with Crippen LogP contribution in [0, 0.1) is 6.92 Å². The molecule has 0 aromatic heterocycles. The molecule has 2 aromatic rings. The lowest BCUT2D eigenvalue weighted by Gasteiger charge is -2.22. The number of amides is 1. The minimum atomic E-state index is -0.620. The van der Waals surface area contributed by atoms with Gasteiger partial charge in [-0.1, -0.05) is 44.5 Å². The predicted molar refractivity (Wildman–Crippen MR) is 102 cm³/mol. The van der Waals surface area contributed by atoms with Crippen LogP contribution >= 0.6 is 0 Å². The van der Waals surface area contributed by atoms with E-state index in [1.165, 1.54) is 0 Å². The fourth-order valence-corrected chi connectivity index (χ4v) is 2.38. The van der Waals surface area contributed by atoms with Crippen LogP contribution in [-0.4, -0.2) is 19.1 Å². The van der Waals surface area contributed by atoms with Gasteiger partial charge in [0, 0.05) is 0 Å². The molecule has 0 unspecified atom stereocenters. The number of benzene rings is 2. The molecule has 0 radical (unpaired) electrons. The van der Waals surface area contributed by atoms with Crippen molar-refractivity contribution in [1.29, 1.82) is 0 Å². The molecule has 1 amide bonds. The monoisotopic (exact) mass is 341 g/mol. The van der Waals surface area contributed by atoms with Crippen molar-refractivity contribution in [2.24, 2.45) is 0 Å². The van der Waals surface area contributed by atoms with E-state index in [2.05, 4.69) is 26.1 Å². The fourth-order valence-electron chi connectivity index (χ4n) is 2.38. The number of nitrogens with one attached hydrogen (secondary N) is 1. The first-order chi connectivity index (χ1) is 11.7. The van der Waals surface area contributed by atoms with E-state index in [-0.39, 0.29) is 11.3 Å². The van der Waals surface area contributed by atoms with Crippen LogP contribution in [0.3, 0.4) is 0 Å². The number of carbonyl (C=O) groups is 1. The maximum absolute atomic E-state index is 12.5. The first kappa shape index (κ1) is 18.8. The normalized spacial score (nSPS) is 12.4. The summed E-state index contributed by atoms with van der Waals surface area (Å²) in [6.45, 7) is 10.1. The molecule has 1 N–H and O–H groups in total. The van der Waals surface area contributed by atoms with Gasteiger partial charge in [0.05, 0.1) is 12.8 Å². The average Bonchev–Trinajstić information content (AvgIpc) is 2.56. The second-order valence-electron chi connectivity index (χ2n) is 7.23. The molecule has 4 nitrogen and oxygen atoms in total. The zero-order valence-corrected chi connectivity index (χ0v) is 15.8. The molecule has 0 aliphatic rings. The molecule has 4 heteroatoms. The van der Waals surface area contributed by atoms with Gasteiger partial charge in [-0.2, -0.15) is 0 Å². The van der Waals surface area contributed by atoms with Gasteiger partial charge >= 0.3 is 0 Å². The van der Waals surface area contributed by atoms with Gasteiger partial charge in [-0.05, 0) is 49.1 Å². The molecule has 25 heavy (non-hydrogen) atoms. The average molecular weight is 341 g/mol. The van der Waals surface area contributed by atoms with E-state index < -0.39 is 6.10 Å². The van der Waals surface area contributed by atoms with Gasteiger partial charge in [0.2, 0.25) is 0 Å².